The fourth-order valence-corrected chi connectivity index (χ4v) is 3.81. The predicted octanol–water partition coefficient (Wildman–Crippen LogP) is 3.38. The first-order valence-electron chi connectivity index (χ1n) is 10.7. The number of carbonyl (C=O) groups excluding carboxylic acids is 3. The number of benzene rings is 2. The average Bonchev–Trinajstić information content (AvgIpc) is 3.48. The summed E-state index contributed by atoms with van der Waals surface area (Å²) < 4.78 is 6.44. The number of para-hydroxylation sites is 1. The van der Waals surface area contributed by atoms with E-state index in [2.05, 4.69) is 10.4 Å². The smallest absolute Gasteiger partial charge is 0.306 e. The number of carbonyl (C=O) groups is 3. The molecule has 1 heterocycles. The molecule has 0 unspecified atom stereocenters. The molecule has 2 aromatic carbocycles. The van der Waals surface area contributed by atoms with Gasteiger partial charge in [0.1, 0.15) is 11.6 Å². The van der Waals surface area contributed by atoms with E-state index in [9.17, 15) is 19.6 Å². The normalized spacial score (nSPS) is 12.0. The Morgan fingerprint density at radius 3 is 2.64 bits per heavy atom. The summed E-state index contributed by atoms with van der Waals surface area (Å²) in [5.74, 6) is -1.19. The number of ether oxygens (including phenoxy) is 1. The highest BCUT2D eigenvalue weighted by molar-refractivity contribution is 5.98. The van der Waals surface area contributed by atoms with Crippen LogP contribution < -0.4 is 5.32 Å². The van der Waals surface area contributed by atoms with Crippen molar-refractivity contribution in [1.29, 1.82) is 5.26 Å². The molecule has 8 heteroatoms. The van der Waals surface area contributed by atoms with Gasteiger partial charge in [-0.25, -0.2) is 4.68 Å². The first-order chi connectivity index (χ1) is 16.0. The van der Waals surface area contributed by atoms with Crippen LogP contribution in [0.25, 0.3) is 5.69 Å². The van der Waals surface area contributed by atoms with E-state index in [0.717, 1.165) is 19.3 Å². The Hall–Kier alpha value is -4.25. The van der Waals surface area contributed by atoms with Crippen molar-refractivity contribution >= 4 is 23.5 Å². The second kappa shape index (κ2) is 9.92. The Morgan fingerprint density at radius 1 is 1.06 bits per heavy atom. The van der Waals surface area contributed by atoms with E-state index >= 15 is 0 Å². The van der Waals surface area contributed by atoms with Crippen LogP contribution in [0.4, 0.5) is 5.82 Å². The molecule has 1 aromatic heterocycles. The van der Waals surface area contributed by atoms with Crippen LogP contribution in [-0.2, 0) is 27.2 Å². The number of nitrogens with zero attached hydrogens (tertiary/aromatic N) is 3. The summed E-state index contributed by atoms with van der Waals surface area (Å²) in [5.41, 5.74) is 3.92. The molecule has 0 radical (unpaired) electrons. The summed E-state index contributed by atoms with van der Waals surface area (Å²) >= 11 is 0. The van der Waals surface area contributed by atoms with Crippen LogP contribution in [0.1, 0.15) is 46.3 Å². The number of nitrogens with one attached hydrogen (secondary N) is 1. The van der Waals surface area contributed by atoms with Crippen molar-refractivity contribution in [1.82, 2.24) is 9.78 Å². The van der Waals surface area contributed by atoms with Crippen LogP contribution in [-0.4, -0.2) is 34.0 Å². The number of nitriles is 1. The predicted molar refractivity (Wildman–Crippen MR) is 120 cm³/mol. The Labute approximate surface area is 190 Å². The number of fused-ring (bicyclic) bond motifs is 1. The van der Waals surface area contributed by atoms with Gasteiger partial charge < -0.3 is 10.1 Å². The average molecular weight is 442 g/mol. The van der Waals surface area contributed by atoms with Gasteiger partial charge in [-0.1, -0.05) is 30.3 Å². The number of rotatable bonds is 8. The van der Waals surface area contributed by atoms with Gasteiger partial charge >= 0.3 is 5.97 Å². The molecule has 1 aliphatic carbocycles. The minimum absolute atomic E-state index is 0.0125. The number of Topliss-reactive ketones (excluding diaryl/α,β-unsaturated/α-hetero) is 1. The Balaban J connectivity index is 1.29. The van der Waals surface area contributed by atoms with Crippen molar-refractivity contribution in [3.05, 3.63) is 77.0 Å². The van der Waals surface area contributed by atoms with E-state index in [1.54, 1.807) is 30.3 Å². The highest BCUT2D eigenvalue weighted by Gasteiger charge is 2.18. The third kappa shape index (κ3) is 5.15. The molecule has 8 nitrogen and oxygen atoms in total. The third-order valence-corrected chi connectivity index (χ3v) is 5.49. The first kappa shape index (κ1) is 22.0. The molecule has 4 rings (SSSR count). The minimum atomic E-state index is -0.642. The Bertz CT molecular complexity index is 1240. The minimum Gasteiger partial charge on any atom is -0.456 e. The third-order valence-electron chi connectivity index (χ3n) is 5.49. The summed E-state index contributed by atoms with van der Waals surface area (Å²) in [7, 11) is 0. The maximum atomic E-state index is 12.4. The van der Waals surface area contributed by atoms with Gasteiger partial charge in [0.2, 0.25) is 0 Å². The molecule has 1 N–H and O–H groups in total. The van der Waals surface area contributed by atoms with Crippen LogP contribution in [0, 0.1) is 11.3 Å². The number of anilines is 1. The molecule has 166 valence electrons. The molecular formula is C25H22N4O4. The number of hydrogen-bond acceptors (Lipinski definition) is 6. The number of hydrogen-bond donors (Lipinski definition) is 1. The largest absolute Gasteiger partial charge is 0.456 e. The van der Waals surface area contributed by atoms with Gasteiger partial charge in [-0.3, -0.25) is 14.4 Å². The second-order valence-electron chi connectivity index (χ2n) is 7.74. The lowest BCUT2D eigenvalue weighted by Gasteiger charge is -2.10. The molecule has 0 fully saturated rings. The van der Waals surface area contributed by atoms with Crippen LogP contribution >= 0.6 is 0 Å². The summed E-state index contributed by atoms with van der Waals surface area (Å²) in [4.78, 5) is 36.8. The van der Waals surface area contributed by atoms with E-state index in [1.807, 2.05) is 24.3 Å². The summed E-state index contributed by atoms with van der Waals surface area (Å²) in [6, 6.07) is 16.7. The number of ketones is 1. The van der Waals surface area contributed by atoms with Gasteiger partial charge in [-0.15, -0.1) is 0 Å². The fraction of sp³-hybridized carbons (Fsp3) is 0.240. The lowest BCUT2D eigenvalue weighted by atomic mass is 10.0. The van der Waals surface area contributed by atoms with Crippen molar-refractivity contribution in [2.45, 2.75) is 32.1 Å². The van der Waals surface area contributed by atoms with Gasteiger partial charge in [0, 0.05) is 12.0 Å². The van der Waals surface area contributed by atoms with Crippen molar-refractivity contribution in [2.24, 2.45) is 0 Å². The molecule has 0 spiro atoms. The first-order valence-corrected chi connectivity index (χ1v) is 10.7. The van der Waals surface area contributed by atoms with Crippen molar-refractivity contribution in [3.63, 3.8) is 0 Å². The van der Waals surface area contributed by atoms with Crippen LogP contribution in [0.5, 0.6) is 0 Å². The maximum Gasteiger partial charge on any atom is 0.306 e. The van der Waals surface area contributed by atoms with Crippen LogP contribution in [0.3, 0.4) is 0 Å². The van der Waals surface area contributed by atoms with Crippen molar-refractivity contribution < 1.29 is 19.1 Å². The zero-order valence-corrected chi connectivity index (χ0v) is 17.9. The maximum absolute atomic E-state index is 12.4. The quantitative estimate of drug-likeness (QED) is 0.423. The topological polar surface area (TPSA) is 114 Å². The van der Waals surface area contributed by atoms with E-state index in [1.165, 1.54) is 22.0 Å². The standard InChI is InChI=1S/C25H22N4O4/c26-14-20-15-27-29(21-7-2-1-3-8-21)25(20)28-23(31)16-33-24(32)12-11-22(30)19-10-9-17-5-4-6-18(17)13-19/h1-3,7-10,13,15H,4-6,11-12,16H2,(H,28,31). The summed E-state index contributed by atoms with van der Waals surface area (Å²) in [6.45, 7) is -0.531. The molecule has 0 saturated carbocycles. The summed E-state index contributed by atoms with van der Waals surface area (Å²) in [5, 5.41) is 16.0. The lowest BCUT2D eigenvalue weighted by Crippen LogP contribution is -2.23. The molecule has 0 saturated heterocycles. The molecule has 0 aliphatic heterocycles. The molecule has 33 heavy (non-hydrogen) atoms. The van der Waals surface area contributed by atoms with E-state index in [4.69, 9.17) is 4.74 Å². The molecule has 1 amide bonds. The molecule has 0 bridgehead atoms. The number of aryl methyl sites for hydroxylation is 2. The molecule has 3 aromatic rings. The van der Waals surface area contributed by atoms with Gasteiger partial charge in [-0.2, -0.15) is 10.4 Å². The fourth-order valence-electron chi connectivity index (χ4n) is 3.81. The number of amides is 1. The highest BCUT2D eigenvalue weighted by Crippen LogP contribution is 2.23. The van der Waals surface area contributed by atoms with E-state index < -0.39 is 18.5 Å². The monoisotopic (exact) mass is 442 g/mol. The molecule has 0 atom stereocenters. The molecule has 1 aliphatic rings. The van der Waals surface area contributed by atoms with Gasteiger partial charge in [0.15, 0.2) is 18.2 Å². The van der Waals surface area contributed by atoms with Gasteiger partial charge in [0.05, 0.1) is 18.3 Å². The second-order valence-corrected chi connectivity index (χ2v) is 7.74. The van der Waals surface area contributed by atoms with Gasteiger partial charge in [0.25, 0.3) is 5.91 Å². The summed E-state index contributed by atoms with van der Waals surface area (Å²) in [6.07, 6.45) is 4.36. The van der Waals surface area contributed by atoms with E-state index in [0.29, 0.717) is 11.3 Å². The van der Waals surface area contributed by atoms with Crippen molar-refractivity contribution in [3.8, 4) is 11.8 Å². The molecular weight excluding hydrogens is 420 g/mol. The Kier molecular flexibility index (Phi) is 6.60. The Morgan fingerprint density at radius 2 is 1.85 bits per heavy atom. The number of aromatic nitrogens is 2. The van der Waals surface area contributed by atoms with Crippen molar-refractivity contribution in [2.75, 3.05) is 11.9 Å². The SMILES string of the molecule is N#Cc1cnn(-c2ccccc2)c1NC(=O)COC(=O)CCC(=O)c1ccc2c(c1)CCC2. The zero-order chi connectivity index (χ0) is 23.2. The van der Waals surface area contributed by atoms with E-state index in [-0.39, 0.29) is 30.0 Å². The van der Waals surface area contributed by atoms with Crippen LogP contribution in [0.15, 0.2) is 54.7 Å². The van der Waals surface area contributed by atoms with Gasteiger partial charge in [-0.05, 0) is 48.6 Å². The number of esters is 1. The zero-order valence-electron chi connectivity index (χ0n) is 17.9. The lowest BCUT2D eigenvalue weighted by molar-refractivity contribution is -0.147. The van der Waals surface area contributed by atoms with Crippen LogP contribution in [0.2, 0.25) is 0 Å². The highest BCUT2D eigenvalue weighted by atomic mass is 16.5.